The third kappa shape index (κ3) is 7.59. The Hall–Kier alpha value is -4.09. The van der Waals surface area contributed by atoms with E-state index in [2.05, 4.69) is 106 Å². The average Bonchev–Trinajstić information content (AvgIpc) is 3.12. The summed E-state index contributed by atoms with van der Waals surface area (Å²) in [4.78, 5) is 21.4. The van der Waals surface area contributed by atoms with E-state index in [0.717, 1.165) is 57.7 Å². The number of rotatable bonds is 11. The fourth-order valence-corrected chi connectivity index (χ4v) is 7.27. The molecule has 0 unspecified atom stereocenters. The fraction of sp³-hybridized carbons (Fsp3) is 0.375. The van der Waals surface area contributed by atoms with E-state index in [-0.39, 0.29) is 11.9 Å². The number of anilines is 1. The van der Waals surface area contributed by atoms with Crippen LogP contribution in [0, 0.1) is 0 Å². The second-order valence-electron chi connectivity index (χ2n) is 12.6. The highest BCUT2D eigenvalue weighted by Crippen LogP contribution is 2.36. The van der Waals surface area contributed by atoms with E-state index in [1.165, 1.54) is 36.0 Å². The first-order valence-corrected chi connectivity index (χ1v) is 16.8. The van der Waals surface area contributed by atoms with Crippen LogP contribution in [0.25, 0.3) is 0 Å². The van der Waals surface area contributed by atoms with Crippen molar-refractivity contribution in [3.63, 3.8) is 0 Å². The summed E-state index contributed by atoms with van der Waals surface area (Å²) in [6.07, 6.45) is 6.84. The highest BCUT2D eigenvalue weighted by molar-refractivity contribution is 5.99. The van der Waals surface area contributed by atoms with E-state index in [1.807, 2.05) is 18.2 Å². The smallest absolute Gasteiger partial charge is 0.258 e. The van der Waals surface area contributed by atoms with Gasteiger partial charge in [-0.1, -0.05) is 116 Å². The van der Waals surface area contributed by atoms with Gasteiger partial charge >= 0.3 is 0 Å². The van der Waals surface area contributed by atoms with Crippen LogP contribution < -0.4 is 9.64 Å². The monoisotopic (exact) mass is 601 g/mol. The molecule has 4 aromatic carbocycles. The number of hydrogen-bond acceptors (Lipinski definition) is 4. The van der Waals surface area contributed by atoms with Crippen LogP contribution in [-0.2, 0) is 6.54 Å². The van der Waals surface area contributed by atoms with Crippen LogP contribution in [0.3, 0.4) is 0 Å². The van der Waals surface area contributed by atoms with Crippen molar-refractivity contribution in [2.75, 3.05) is 44.7 Å². The normalized spacial score (nSPS) is 16.1. The molecule has 5 heteroatoms. The van der Waals surface area contributed by atoms with E-state index in [9.17, 15) is 4.79 Å². The lowest BCUT2D eigenvalue weighted by molar-refractivity contribution is 0.0611. The Labute approximate surface area is 269 Å². The highest BCUT2D eigenvalue weighted by atomic mass is 16.5. The molecule has 1 amide bonds. The summed E-state index contributed by atoms with van der Waals surface area (Å²) in [6.45, 7) is 5.47. The number of carbonyl (C=O) groups is 1. The van der Waals surface area contributed by atoms with Crippen molar-refractivity contribution < 1.29 is 9.53 Å². The van der Waals surface area contributed by atoms with Crippen molar-refractivity contribution in [3.05, 3.63) is 131 Å². The molecule has 6 rings (SSSR count). The van der Waals surface area contributed by atoms with Crippen molar-refractivity contribution in [2.24, 2.45) is 0 Å². The first-order valence-electron chi connectivity index (χ1n) is 16.8. The van der Waals surface area contributed by atoms with Gasteiger partial charge in [-0.15, -0.1) is 0 Å². The molecule has 2 aliphatic rings. The first-order chi connectivity index (χ1) is 22.2. The minimum absolute atomic E-state index is 0.0796. The molecule has 5 nitrogen and oxygen atoms in total. The number of hydrogen-bond donors (Lipinski definition) is 0. The number of nitrogens with zero attached hydrogens (tertiary/aromatic N) is 3. The quantitative estimate of drug-likeness (QED) is 0.174. The Balaban J connectivity index is 1.14. The Morgan fingerprint density at radius 3 is 1.96 bits per heavy atom. The number of ether oxygens (including phenoxy) is 1. The molecule has 1 aliphatic carbocycles. The summed E-state index contributed by atoms with van der Waals surface area (Å²) in [5.74, 6) is 1.17. The van der Waals surface area contributed by atoms with E-state index in [0.29, 0.717) is 23.8 Å². The number of methoxy groups -OCH3 is 1. The molecule has 0 atom stereocenters. The molecule has 1 saturated heterocycles. The zero-order valence-corrected chi connectivity index (χ0v) is 26.7. The molecule has 1 heterocycles. The molecule has 4 aromatic rings. The summed E-state index contributed by atoms with van der Waals surface area (Å²) < 4.78 is 6.04. The van der Waals surface area contributed by atoms with Gasteiger partial charge in [0, 0.05) is 44.7 Å². The van der Waals surface area contributed by atoms with Crippen LogP contribution in [0.5, 0.6) is 5.75 Å². The Morgan fingerprint density at radius 2 is 1.36 bits per heavy atom. The summed E-state index contributed by atoms with van der Waals surface area (Å²) in [7, 11) is 1.71. The number of benzene rings is 4. The predicted octanol–water partition coefficient (Wildman–Crippen LogP) is 8.01. The van der Waals surface area contributed by atoms with Crippen LogP contribution in [0.15, 0.2) is 109 Å². The summed E-state index contributed by atoms with van der Waals surface area (Å²) in [5.41, 5.74) is 5.63. The van der Waals surface area contributed by atoms with Gasteiger partial charge in [-0.05, 0) is 54.6 Å². The molecule has 0 spiro atoms. The van der Waals surface area contributed by atoms with E-state index >= 15 is 0 Å². The highest BCUT2D eigenvalue weighted by Gasteiger charge is 2.30. The fourth-order valence-electron chi connectivity index (χ4n) is 7.27. The van der Waals surface area contributed by atoms with Crippen molar-refractivity contribution in [1.82, 2.24) is 9.80 Å². The van der Waals surface area contributed by atoms with Gasteiger partial charge in [0.15, 0.2) is 5.75 Å². The standard InChI is InChI=1S/C40H47N3O2/c1-45-39-37(40(44)43(35-21-12-5-13-22-35)31-32-15-6-2-7-16-32)23-14-24-38(39)42-29-27-41(28-30-42)26-25-36(33-17-8-3-9-18-33)34-19-10-4-11-20-34/h2-4,6-11,14-20,23-24,35-36H,5,12-13,21-22,25-31H2,1H3. The van der Waals surface area contributed by atoms with Crippen LogP contribution in [0.1, 0.15) is 71.5 Å². The van der Waals surface area contributed by atoms with Crippen LogP contribution in [0.4, 0.5) is 5.69 Å². The lowest BCUT2D eigenvalue weighted by atomic mass is 9.88. The van der Waals surface area contributed by atoms with E-state index in [1.54, 1.807) is 7.11 Å². The number of piperazine rings is 1. The molecule has 0 N–H and O–H groups in total. The molecule has 2 fully saturated rings. The molecular formula is C40H47N3O2. The molecule has 0 aromatic heterocycles. The van der Waals surface area contributed by atoms with E-state index < -0.39 is 0 Å². The maximum atomic E-state index is 14.3. The van der Waals surface area contributed by atoms with Gasteiger partial charge in [-0.25, -0.2) is 0 Å². The predicted molar refractivity (Wildman–Crippen MR) is 184 cm³/mol. The van der Waals surface area contributed by atoms with Gasteiger partial charge in [-0.2, -0.15) is 0 Å². The van der Waals surface area contributed by atoms with Gasteiger partial charge in [0.25, 0.3) is 5.91 Å². The molecule has 1 saturated carbocycles. The van der Waals surface area contributed by atoms with Crippen LogP contribution in [0.2, 0.25) is 0 Å². The number of para-hydroxylation sites is 1. The van der Waals surface area contributed by atoms with Gasteiger partial charge in [0.05, 0.1) is 18.4 Å². The molecule has 1 aliphatic heterocycles. The maximum Gasteiger partial charge on any atom is 0.258 e. The largest absolute Gasteiger partial charge is 0.494 e. The van der Waals surface area contributed by atoms with Crippen molar-refractivity contribution >= 4 is 11.6 Å². The molecule has 45 heavy (non-hydrogen) atoms. The van der Waals surface area contributed by atoms with E-state index in [4.69, 9.17) is 4.74 Å². The Kier molecular flexibility index (Phi) is 10.5. The molecular weight excluding hydrogens is 554 g/mol. The molecule has 0 radical (unpaired) electrons. The number of carbonyl (C=O) groups excluding carboxylic acids is 1. The van der Waals surface area contributed by atoms with Crippen molar-refractivity contribution in [2.45, 2.75) is 57.0 Å². The number of amides is 1. The van der Waals surface area contributed by atoms with Crippen molar-refractivity contribution in [3.8, 4) is 5.75 Å². The van der Waals surface area contributed by atoms with Gasteiger partial charge in [0.1, 0.15) is 0 Å². The average molecular weight is 602 g/mol. The molecule has 234 valence electrons. The SMILES string of the molecule is COc1c(C(=O)N(Cc2ccccc2)C2CCCCC2)cccc1N1CCN(CCC(c2ccccc2)c2ccccc2)CC1. The summed E-state index contributed by atoms with van der Waals surface area (Å²) in [6, 6.07) is 38.6. The summed E-state index contributed by atoms with van der Waals surface area (Å²) >= 11 is 0. The minimum atomic E-state index is 0.0796. The first kappa shape index (κ1) is 30.9. The Morgan fingerprint density at radius 1 is 0.756 bits per heavy atom. The van der Waals surface area contributed by atoms with Gasteiger partial charge in [-0.3, -0.25) is 9.69 Å². The zero-order valence-electron chi connectivity index (χ0n) is 26.7. The zero-order chi connectivity index (χ0) is 30.8. The minimum Gasteiger partial charge on any atom is -0.494 e. The lowest BCUT2D eigenvalue weighted by Gasteiger charge is -2.38. The van der Waals surface area contributed by atoms with Crippen molar-refractivity contribution in [1.29, 1.82) is 0 Å². The second-order valence-corrected chi connectivity index (χ2v) is 12.6. The second kappa shape index (κ2) is 15.3. The topological polar surface area (TPSA) is 36.0 Å². The Bertz CT molecular complexity index is 1440. The van der Waals surface area contributed by atoms with Gasteiger partial charge < -0.3 is 14.5 Å². The third-order valence-corrected chi connectivity index (χ3v) is 9.75. The maximum absolute atomic E-state index is 14.3. The lowest BCUT2D eigenvalue weighted by Crippen LogP contribution is -2.47. The summed E-state index contributed by atoms with van der Waals surface area (Å²) in [5, 5.41) is 0. The van der Waals surface area contributed by atoms with Gasteiger partial charge in [0.2, 0.25) is 0 Å². The van der Waals surface area contributed by atoms with Crippen LogP contribution in [-0.4, -0.2) is 61.6 Å². The third-order valence-electron chi connectivity index (χ3n) is 9.75. The van der Waals surface area contributed by atoms with Crippen LogP contribution >= 0.6 is 0 Å². The molecule has 0 bridgehead atoms.